The van der Waals surface area contributed by atoms with Crippen LogP contribution in [0.1, 0.15) is 19.8 Å². The molecule has 0 unspecified atom stereocenters. The molecule has 0 aliphatic carbocycles. The second-order valence-electron chi connectivity index (χ2n) is 2.42. The van der Waals surface area contributed by atoms with E-state index in [0.717, 1.165) is 0 Å². The highest BCUT2D eigenvalue weighted by Gasteiger charge is 2.36. The highest BCUT2D eigenvalue weighted by atomic mass is 16.6. The molecule has 0 aromatic heterocycles. The predicted octanol–water partition coefficient (Wildman–Crippen LogP) is 0.0744. The molecule has 0 saturated carbocycles. The Morgan fingerprint density at radius 3 is 2.78 bits per heavy atom. The van der Waals surface area contributed by atoms with Crippen molar-refractivity contribution in [3.05, 3.63) is 0 Å². The normalized spacial score (nSPS) is 34.7. The standard InChI is InChI=1S/C6H10O3/c1-2-6(8)3-5(7)9-4-6/h8H,2-4H2,1H3/t6-/m0/s1. The zero-order valence-electron chi connectivity index (χ0n) is 5.39. The van der Waals surface area contributed by atoms with E-state index >= 15 is 0 Å². The quantitative estimate of drug-likeness (QED) is 0.511. The van der Waals surface area contributed by atoms with Crippen LogP contribution in [0.5, 0.6) is 0 Å². The molecular weight excluding hydrogens is 120 g/mol. The first kappa shape index (κ1) is 6.55. The van der Waals surface area contributed by atoms with E-state index in [-0.39, 0.29) is 19.0 Å². The number of ether oxygens (including phenoxy) is 1. The Morgan fingerprint density at radius 1 is 1.89 bits per heavy atom. The van der Waals surface area contributed by atoms with Gasteiger partial charge >= 0.3 is 5.97 Å². The Morgan fingerprint density at radius 2 is 2.56 bits per heavy atom. The fourth-order valence-corrected chi connectivity index (χ4v) is 0.813. The monoisotopic (exact) mass is 130 g/mol. The first-order valence-electron chi connectivity index (χ1n) is 3.04. The van der Waals surface area contributed by atoms with Crippen molar-refractivity contribution in [2.45, 2.75) is 25.4 Å². The molecule has 1 aliphatic heterocycles. The smallest absolute Gasteiger partial charge is 0.308 e. The largest absolute Gasteiger partial charge is 0.463 e. The van der Waals surface area contributed by atoms with E-state index in [1.165, 1.54) is 0 Å². The molecule has 9 heavy (non-hydrogen) atoms. The summed E-state index contributed by atoms with van der Waals surface area (Å²) in [6, 6.07) is 0. The lowest BCUT2D eigenvalue weighted by Gasteiger charge is -2.14. The van der Waals surface area contributed by atoms with Crippen molar-refractivity contribution in [3.8, 4) is 0 Å². The van der Waals surface area contributed by atoms with E-state index < -0.39 is 5.60 Å². The lowest BCUT2D eigenvalue weighted by atomic mass is 10.0. The van der Waals surface area contributed by atoms with Crippen molar-refractivity contribution in [1.29, 1.82) is 0 Å². The second kappa shape index (κ2) is 1.99. The Hall–Kier alpha value is -0.570. The van der Waals surface area contributed by atoms with Crippen LogP contribution >= 0.6 is 0 Å². The average molecular weight is 130 g/mol. The zero-order valence-corrected chi connectivity index (χ0v) is 5.39. The summed E-state index contributed by atoms with van der Waals surface area (Å²) < 4.78 is 4.57. The van der Waals surface area contributed by atoms with Crippen molar-refractivity contribution >= 4 is 5.97 Å². The number of carbonyl (C=O) groups excluding carboxylic acids is 1. The molecule has 0 amide bonds. The van der Waals surface area contributed by atoms with Crippen LogP contribution in [0.2, 0.25) is 0 Å². The molecule has 1 atom stereocenters. The summed E-state index contributed by atoms with van der Waals surface area (Å²) in [7, 11) is 0. The van der Waals surface area contributed by atoms with Crippen LogP contribution in [0.25, 0.3) is 0 Å². The van der Waals surface area contributed by atoms with Crippen LogP contribution < -0.4 is 0 Å². The number of carbonyl (C=O) groups is 1. The van der Waals surface area contributed by atoms with Gasteiger partial charge in [0.1, 0.15) is 12.2 Å². The van der Waals surface area contributed by atoms with Gasteiger partial charge in [0.15, 0.2) is 0 Å². The highest BCUT2D eigenvalue weighted by Crippen LogP contribution is 2.22. The van der Waals surface area contributed by atoms with E-state index in [1.54, 1.807) is 0 Å². The van der Waals surface area contributed by atoms with Gasteiger partial charge in [-0.15, -0.1) is 0 Å². The Kier molecular flexibility index (Phi) is 1.45. The molecule has 0 bridgehead atoms. The van der Waals surface area contributed by atoms with Crippen molar-refractivity contribution in [2.75, 3.05) is 6.61 Å². The van der Waals surface area contributed by atoms with E-state index in [2.05, 4.69) is 4.74 Å². The number of cyclic esters (lactones) is 1. The molecule has 0 spiro atoms. The van der Waals surface area contributed by atoms with Crippen LogP contribution in [0, 0.1) is 0 Å². The van der Waals surface area contributed by atoms with Crippen LogP contribution in [-0.2, 0) is 9.53 Å². The van der Waals surface area contributed by atoms with Crippen LogP contribution in [-0.4, -0.2) is 23.3 Å². The third-order valence-electron chi connectivity index (χ3n) is 1.63. The summed E-state index contributed by atoms with van der Waals surface area (Å²) in [5, 5.41) is 9.32. The van der Waals surface area contributed by atoms with Gasteiger partial charge in [-0.1, -0.05) is 6.92 Å². The van der Waals surface area contributed by atoms with Gasteiger partial charge in [0.05, 0.1) is 6.42 Å². The first-order chi connectivity index (χ1) is 4.16. The number of rotatable bonds is 1. The minimum absolute atomic E-state index is 0.156. The third kappa shape index (κ3) is 1.21. The summed E-state index contributed by atoms with van der Waals surface area (Å²) >= 11 is 0. The molecular formula is C6H10O3. The summed E-state index contributed by atoms with van der Waals surface area (Å²) in [6.45, 7) is 2.00. The van der Waals surface area contributed by atoms with E-state index in [0.29, 0.717) is 6.42 Å². The number of hydrogen-bond acceptors (Lipinski definition) is 3. The predicted molar refractivity (Wildman–Crippen MR) is 30.8 cm³/mol. The molecule has 3 heteroatoms. The summed E-state index contributed by atoms with van der Waals surface area (Å²) in [5.74, 6) is -0.292. The van der Waals surface area contributed by atoms with Crippen molar-refractivity contribution in [2.24, 2.45) is 0 Å². The van der Waals surface area contributed by atoms with Crippen LogP contribution in [0.4, 0.5) is 0 Å². The van der Waals surface area contributed by atoms with Gasteiger partial charge in [-0.3, -0.25) is 4.79 Å². The third-order valence-corrected chi connectivity index (χ3v) is 1.63. The highest BCUT2D eigenvalue weighted by molar-refractivity contribution is 5.72. The molecule has 1 rings (SSSR count). The van der Waals surface area contributed by atoms with Gasteiger partial charge in [-0.2, -0.15) is 0 Å². The van der Waals surface area contributed by atoms with Crippen LogP contribution in [0.3, 0.4) is 0 Å². The molecule has 0 aromatic carbocycles. The minimum Gasteiger partial charge on any atom is -0.463 e. The maximum atomic E-state index is 10.4. The molecule has 1 fully saturated rings. The van der Waals surface area contributed by atoms with Gasteiger partial charge in [0, 0.05) is 0 Å². The molecule has 1 heterocycles. The Labute approximate surface area is 53.6 Å². The van der Waals surface area contributed by atoms with E-state index in [1.807, 2.05) is 6.92 Å². The molecule has 1 saturated heterocycles. The number of aliphatic hydroxyl groups is 1. The second-order valence-corrected chi connectivity index (χ2v) is 2.42. The van der Waals surface area contributed by atoms with Gasteiger partial charge in [-0.05, 0) is 6.42 Å². The molecule has 0 aromatic rings. The lowest BCUT2D eigenvalue weighted by Crippen LogP contribution is -2.27. The van der Waals surface area contributed by atoms with Crippen molar-refractivity contribution in [3.63, 3.8) is 0 Å². The molecule has 3 nitrogen and oxygen atoms in total. The molecule has 1 N–H and O–H groups in total. The van der Waals surface area contributed by atoms with Gasteiger partial charge in [0.25, 0.3) is 0 Å². The molecule has 0 radical (unpaired) electrons. The summed E-state index contributed by atoms with van der Waals surface area (Å²) in [5.41, 5.74) is -0.864. The minimum atomic E-state index is -0.864. The zero-order chi connectivity index (χ0) is 6.91. The lowest BCUT2D eigenvalue weighted by molar-refractivity contribution is -0.137. The summed E-state index contributed by atoms with van der Waals surface area (Å²) in [6.07, 6.45) is 0.738. The van der Waals surface area contributed by atoms with Gasteiger partial charge in [0.2, 0.25) is 0 Å². The number of hydrogen-bond donors (Lipinski definition) is 1. The molecule has 52 valence electrons. The topological polar surface area (TPSA) is 46.5 Å². The first-order valence-corrected chi connectivity index (χ1v) is 3.04. The summed E-state index contributed by atoms with van der Waals surface area (Å²) in [4.78, 5) is 10.4. The fraction of sp³-hybridized carbons (Fsp3) is 0.833. The average Bonchev–Trinajstić information content (AvgIpc) is 2.13. The fourth-order valence-electron chi connectivity index (χ4n) is 0.813. The van der Waals surface area contributed by atoms with Gasteiger partial charge < -0.3 is 9.84 Å². The van der Waals surface area contributed by atoms with Crippen molar-refractivity contribution in [1.82, 2.24) is 0 Å². The SMILES string of the molecule is CC[C@@]1(O)COC(=O)C1. The van der Waals surface area contributed by atoms with Gasteiger partial charge in [-0.25, -0.2) is 0 Å². The Bertz CT molecular complexity index is 132. The maximum Gasteiger partial charge on any atom is 0.308 e. The maximum absolute atomic E-state index is 10.4. The van der Waals surface area contributed by atoms with Crippen molar-refractivity contribution < 1.29 is 14.6 Å². The Balaban J connectivity index is 2.54. The van der Waals surface area contributed by atoms with E-state index in [4.69, 9.17) is 0 Å². The van der Waals surface area contributed by atoms with E-state index in [9.17, 15) is 9.90 Å². The number of esters is 1. The molecule has 1 aliphatic rings. The van der Waals surface area contributed by atoms with Crippen LogP contribution in [0.15, 0.2) is 0 Å².